The average Bonchev–Trinajstić information content (AvgIpc) is 2.18. The molecule has 1 aromatic carbocycles. The van der Waals surface area contributed by atoms with Crippen LogP contribution in [0.2, 0.25) is 0 Å². The van der Waals surface area contributed by atoms with Gasteiger partial charge in [0.05, 0.1) is 6.61 Å². The highest BCUT2D eigenvalue weighted by molar-refractivity contribution is 14.1. The largest absolute Gasteiger partial charge is 0.494 e. The maximum atomic E-state index is 11.7. The lowest BCUT2D eigenvalue weighted by molar-refractivity contribution is 0.0989. The third-order valence-electron chi connectivity index (χ3n) is 1.87. The van der Waals surface area contributed by atoms with Crippen LogP contribution in [0.3, 0.4) is 0 Å². The number of hydrogen-bond acceptors (Lipinski definition) is 2. The van der Waals surface area contributed by atoms with Crippen LogP contribution in [0.5, 0.6) is 5.75 Å². The number of halogens is 2. The lowest BCUT2D eigenvalue weighted by Crippen LogP contribution is -2.03. The molecule has 0 aliphatic rings. The Morgan fingerprint density at radius 2 is 2.27 bits per heavy atom. The van der Waals surface area contributed by atoms with E-state index >= 15 is 0 Å². The van der Waals surface area contributed by atoms with Crippen LogP contribution in [0.1, 0.15) is 23.7 Å². The molecule has 0 N–H and O–H groups in total. The number of Topliss-reactive ketones (excluding diaryl/α,β-unsaturated/α-hetero) is 1. The molecule has 2 nitrogen and oxygen atoms in total. The molecule has 0 radical (unpaired) electrons. The third-order valence-corrected chi connectivity index (χ3v) is 3.16. The van der Waals surface area contributed by atoms with E-state index < -0.39 is 0 Å². The molecule has 0 saturated carbocycles. The highest BCUT2D eigenvalue weighted by atomic mass is 127. The molecule has 0 aliphatic heterocycles. The first-order valence-electron chi connectivity index (χ1n) is 4.70. The van der Waals surface area contributed by atoms with Gasteiger partial charge in [0.1, 0.15) is 5.75 Å². The molecule has 0 aliphatic carbocycles. The van der Waals surface area contributed by atoms with Crippen LogP contribution in [0.15, 0.2) is 18.2 Å². The van der Waals surface area contributed by atoms with Crippen LogP contribution < -0.4 is 4.74 Å². The minimum Gasteiger partial charge on any atom is -0.494 e. The quantitative estimate of drug-likeness (QED) is 0.441. The SMILES string of the molecule is CCOc1ccc(C(=O)CCBr)c(I)c1. The number of alkyl halides is 1. The minimum absolute atomic E-state index is 0.166. The molecule has 0 spiro atoms. The van der Waals surface area contributed by atoms with Crippen molar-refractivity contribution in [2.75, 3.05) is 11.9 Å². The summed E-state index contributed by atoms with van der Waals surface area (Å²) in [4.78, 5) is 11.7. The summed E-state index contributed by atoms with van der Waals surface area (Å²) in [5, 5.41) is 0.703. The van der Waals surface area contributed by atoms with Gasteiger partial charge in [-0.1, -0.05) is 15.9 Å². The Hall–Kier alpha value is -0.100. The first-order chi connectivity index (χ1) is 7.19. The molecule has 15 heavy (non-hydrogen) atoms. The summed E-state index contributed by atoms with van der Waals surface area (Å²) < 4.78 is 6.30. The van der Waals surface area contributed by atoms with E-state index in [0.717, 1.165) is 14.9 Å². The predicted molar refractivity (Wildman–Crippen MR) is 73.1 cm³/mol. The molecule has 0 heterocycles. The number of rotatable bonds is 5. The summed E-state index contributed by atoms with van der Waals surface area (Å²) in [5.74, 6) is 0.983. The normalized spacial score (nSPS) is 10.1. The summed E-state index contributed by atoms with van der Waals surface area (Å²) in [7, 11) is 0. The number of carbonyl (C=O) groups excluding carboxylic acids is 1. The lowest BCUT2D eigenvalue weighted by atomic mass is 10.1. The molecule has 0 atom stereocenters. The van der Waals surface area contributed by atoms with Crippen LogP contribution in [0.4, 0.5) is 0 Å². The highest BCUT2D eigenvalue weighted by Gasteiger charge is 2.09. The van der Waals surface area contributed by atoms with E-state index in [0.29, 0.717) is 18.4 Å². The highest BCUT2D eigenvalue weighted by Crippen LogP contribution is 2.21. The monoisotopic (exact) mass is 382 g/mol. The van der Waals surface area contributed by atoms with E-state index in [1.165, 1.54) is 0 Å². The Kier molecular flexibility index (Phi) is 5.60. The van der Waals surface area contributed by atoms with Gasteiger partial charge in [0.15, 0.2) is 5.78 Å². The molecular formula is C11H12BrIO2. The van der Waals surface area contributed by atoms with E-state index in [1.54, 1.807) is 0 Å². The molecule has 1 aromatic rings. The summed E-state index contributed by atoms with van der Waals surface area (Å²) in [6.07, 6.45) is 0.532. The first-order valence-corrected chi connectivity index (χ1v) is 6.90. The van der Waals surface area contributed by atoms with Gasteiger partial charge >= 0.3 is 0 Å². The molecule has 0 saturated heterocycles. The van der Waals surface area contributed by atoms with Gasteiger partial charge in [0, 0.05) is 20.9 Å². The second kappa shape index (κ2) is 6.48. The van der Waals surface area contributed by atoms with Gasteiger partial charge in [-0.15, -0.1) is 0 Å². The molecule has 1 rings (SSSR count). The van der Waals surface area contributed by atoms with Gasteiger partial charge in [-0.25, -0.2) is 0 Å². The van der Waals surface area contributed by atoms with Crippen LogP contribution in [-0.4, -0.2) is 17.7 Å². The van der Waals surface area contributed by atoms with Gasteiger partial charge in [-0.3, -0.25) is 4.79 Å². The summed E-state index contributed by atoms with van der Waals surface area (Å²) >= 11 is 5.43. The summed E-state index contributed by atoms with van der Waals surface area (Å²) in [5.41, 5.74) is 0.776. The van der Waals surface area contributed by atoms with Gasteiger partial charge < -0.3 is 4.74 Å². The smallest absolute Gasteiger partial charge is 0.164 e. The topological polar surface area (TPSA) is 26.3 Å². The standard InChI is InChI=1S/C11H12BrIO2/c1-2-15-8-3-4-9(10(13)7-8)11(14)5-6-12/h3-4,7H,2,5-6H2,1H3. The Labute approximate surface area is 112 Å². The van der Waals surface area contributed by atoms with Gasteiger partial charge in [-0.2, -0.15) is 0 Å². The van der Waals surface area contributed by atoms with Gasteiger partial charge in [0.25, 0.3) is 0 Å². The molecule has 0 unspecified atom stereocenters. The van der Waals surface area contributed by atoms with E-state index in [4.69, 9.17) is 4.74 Å². The van der Waals surface area contributed by atoms with Crippen LogP contribution in [0.25, 0.3) is 0 Å². The Morgan fingerprint density at radius 1 is 1.53 bits per heavy atom. The predicted octanol–water partition coefficient (Wildman–Crippen LogP) is 3.66. The fraction of sp³-hybridized carbons (Fsp3) is 0.364. The molecule has 0 fully saturated rings. The number of benzene rings is 1. The van der Waals surface area contributed by atoms with Crippen molar-refractivity contribution in [3.05, 3.63) is 27.3 Å². The zero-order chi connectivity index (χ0) is 11.3. The fourth-order valence-electron chi connectivity index (χ4n) is 1.20. The van der Waals surface area contributed by atoms with Crippen LogP contribution in [-0.2, 0) is 0 Å². The van der Waals surface area contributed by atoms with Crippen molar-refractivity contribution in [3.8, 4) is 5.75 Å². The van der Waals surface area contributed by atoms with E-state index in [9.17, 15) is 4.79 Å². The minimum atomic E-state index is 0.166. The average molecular weight is 383 g/mol. The number of carbonyl (C=O) groups is 1. The summed E-state index contributed by atoms with van der Waals surface area (Å²) in [6, 6.07) is 5.57. The van der Waals surface area contributed by atoms with Crippen LogP contribution >= 0.6 is 38.5 Å². The van der Waals surface area contributed by atoms with E-state index in [1.807, 2.05) is 25.1 Å². The second-order valence-corrected chi connectivity index (χ2v) is 4.89. The first kappa shape index (κ1) is 13.0. The molecule has 0 aromatic heterocycles. The number of ketones is 1. The maximum Gasteiger partial charge on any atom is 0.164 e. The van der Waals surface area contributed by atoms with Crippen LogP contribution in [0, 0.1) is 3.57 Å². The lowest BCUT2D eigenvalue weighted by Gasteiger charge is -2.06. The summed E-state index contributed by atoms with van der Waals surface area (Å²) in [6.45, 7) is 2.58. The van der Waals surface area contributed by atoms with Crippen molar-refractivity contribution in [3.63, 3.8) is 0 Å². The van der Waals surface area contributed by atoms with Crippen molar-refractivity contribution in [2.24, 2.45) is 0 Å². The van der Waals surface area contributed by atoms with Crippen molar-refractivity contribution in [1.29, 1.82) is 0 Å². The number of ether oxygens (including phenoxy) is 1. The zero-order valence-electron chi connectivity index (χ0n) is 8.43. The van der Waals surface area contributed by atoms with Crippen molar-refractivity contribution >= 4 is 44.3 Å². The molecular weight excluding hydrogens is 371 g/mol. The second-order valence-electron chi connectivity index (χ2n) is 2.94. The molecule has 0 bridgehead atoms. The molecule has 4 heteroatoms. The van der Waals surface area contributed by atoms with E-state index in [-0.39, 0.29) is 5.78 Å². The Morgan fingerprint density at radius 3 is 2.80 bits per heavy atom. The van der Waals surface area contributed by atoms with Gasteiger partial charge in [-0.05, 0) is 47.7 Å². The van der Waals surface area contributed by atoms with Gasteiger partial charge in [0.2, 0.25) is 0 Å². The number of hydrogen-bond donors (Lipinski definition) is 0. The fourth-order valence-corrected chi connectivity index (χ4v) is 2.35. The Bertz CT molecular complexity index is 352. The van der Waals surface area contributed by atoms with Crippen molar-refractivity contribution in [1.82, 2.24) is 0 Å². The Balaban J connectivity index is 2.87. The molecule has 0 amide bonds. The molecule has 82 valence electrons. The van der Waals surface area contributed by atoms with E-state index in [2.05, 4.69) is 38.5 Å². The maximum absolute atomic E-state index is 11.7. The van der Waals surface area contributed by atoms with Crippen molar-refractivity contribution in [2.45, 2.75) is 13.3 Å². The zero-order valence-corrected chi connectivity index (χ0v) is 12.2. The third kappa shape index (κ3) is 3.75. The van der Waals surface area contributed by atoms with Crippen molar-refractivity contribution < 1.29 is 9.53 Å².